The highest BCUT2D eigenvalue weighted by Gasteiger charge is 2.03. The molecule has 1 N–H and O–H groups in total. The molecule has 0 saturated heterocycles. The van der Waals surface area contributed by atoms with E-state index in [9.17, 15) is 4.79 Å². The minimum Gasteiger partial charge on any atom is -0.493 e. The molecule has 2 rings (SSSR count). The lowest BCUT2D eigenvalue weighted by Gasteiger charge is -2.08. The van der Waals surface area contributed by atoms with Gasteiger partial charge in [0.25, 0.3) is 0 Å². The smallest absolute Gasteiger partial charge is 0.234 e. The molecule has 0 heterocycles. The summed E-state index contributed by atoms with van der Waals surface area (Å²) in [5.74, 6) is 2.11. The van der Waals surface area contributed by atoms with E-state index in [1.54, 1.807) is 23.5 Å². The topological polar surface area (TPSA) is 38.3 Å². The van der Waals surface area contributed by atoms with Crippen molar-refractivity contribution in [1.29, 1.82) is 0 Å². The Labute approximate surface area is 146 Å². The number of hydrogen-bond acceptors (Lipinski definition) is 4. The van der Waals surface area contributed by atoms with Gasteiger partial charge in [0, 0.05) is 16.3 Å². The molecule has 0 spiro atoms. The zero-order chi connectivity index (χ0) is 16.5. The van der Waals surface area contributed by atoms with Gasteiger partial charge in [-0.3, -0.25) is 4.79 Å². The van der Waals surface area contributed by atoms with Gasteiger partial charge in [0.05, 0.1) is 12.4 Å². The Morgan fingerprint density at radius 1 is 1.17 bits per heavy atom. The summed E-state index contributed by atoms with van der Waals surface area (Å²) in [6, 6.07) is 15.8. The highest BCUT2D eigenvalue weighted by atomic mass is 32.2. The first-order valence-corrected chi connectivity index (χ1v) is 9.76. The van der Waals surface area contributed by atoms with E-state index in [4.69, 9.17) is 4.74 Å². The number of nitrogens with one attached hydrogen (secondary N) is 1. The van der Waals surface area contributed by atoms with Crippen LogP contribution in [0.3, 0.4) is 0 Å². The number of thioether (sulfide) groups is 2. The monoisotopic (exact) mass is 347 g/mol. The highest BCUT2D eigenvalue weighted by Crippen LogP contribution is 2.19. The second kappa shape index (κ2) is 9.53. The first kappa shape index (κ1) is 17.8. The van der Waals surface area contributed by atoms with Gasteiger partial charge in [0.15, 0.2) is 0 Å². The zero-order valence-electron chi connectivity index (χ0n) is 13.4. The molecule has 2 aromatic rings. The summed E-state index contributed by atoms with van der Waals surface area (Å²) in [5.41, 5.74) is 2.03. The van der Waals surface area contributed by atoms with Gasteiger partial charge in [-0.05, 0) is 49.1 Å². The van der Waals surface area contributed by atoms with E-state index < -0.39 is 0 Å². The van der Waals surface area contributed by atoms with Crippen LogP contribution in [0.15, 0.2) is 53.4 Å². The maximum absolute atomic E-state index is 11.9. The van der Waals surface area contributed by atoms with Gasteiger partial charge in [-0.1, -0.05) is 18.2 Å². The van der Waals surface area contributed by atoms with E-state index in [1.165, 1.54) is 5.56 Å². The van der Waals surface area contributed by atoms with Crippen LogP contribution in [0.2, 0.25) is 0 Å². The molecule has 0 atom stereocenters. The minimum absolute atomic E-state index is 0.0174. The van der Waals surface area contributed by atoms with Crippen LogP contribution >= 0.6 is 23.5 Å². The SMILES string of the molecule is CSc1cccc(NC(=O)CSCCOc2cccc(C)c2)c1. The second-order valence-electron chi connectivity index (χ2n) is 5.00. The average molecular weight is 348 g/mol. The van der Waals surface area contributed by atoms with Crippen LogP contribution in [0.5, 0.6) is 5.75 Å². The lowest BCUT2D eigenvalue weighted by Crippen LogP contribution is -2.15. The Morgan fingerprint density at radius 2 is 2.00 bits per heavy atom. The Morgan fingerprint density at radius 3 is 2.78 bits per heavy atom. The van der Waals surface area contributed by atoms with Crippen molar-refractivity contribution in [1.82, 2.24) is 0 Å². The fourth-order valence-electron chi connectivity index (χ4n) is 1.99. The van der Waals surface area contributed by atoms with Gasteiger partial charge < -0.3 is 10.1 Å². The zero-order valence-corrected chi connectivity index (χ0v) is 15.0. The van der Waals surface area contributed by atoms with Crippen molar-refractivity contribution in [2.24, 2.45) is 0 Å². The number of amides is 1. The average Bonchev–Trinajstić information content (AvgIpc) is 2.55. The van der Waals surface area contributed by atoms with Gasteiger partial charge in [-0.25, -0.2) is 0 Å². The third kappa shape index (κ3) is 6.59. The molecule has 0 radical (unpaired) electrons. The molecule has 0 unspecified atom stereocenters. The quantitative estimate of drug-likeness (QED) is 0.565. The summed E-state index contributed by atoms with van der Waals surface area (Å²) in [6.07, 6.45) is 2.02. The molecule has 5 heteroatoms. The number of rotatable bonds is 8. The molecule has 0 aliphatic heterocycles. The fraction of sp³-hybridized carbons (Fsp3) is 0.278. The summed E-state index contributed by atoms with van der Waals surface area (Å²) >= 11 is 3.23. The standard InChI is InChI=1S/C18H21NO2S2/c1-14-5-3-7-16(11-14)21-9-10-23-13-18(20)19-15-6-4-8-17(12-15)22-2/h3-8,11-12H,9-10,13H2,1-2H3,(H,19,20). The van der Waals surface area contributed by atoms with E-state index in [2.05, 4.69) is 5.32 Å². The van der Waals surface area contributed by atoms with Crippen molar-refractivity contribution < 1.29 is 9.53 Å². The normalized spacial score (nSPS) is 10.3. The minimum atomic E-state index is 0.0174. The molecule has 0 aliphatic carbocycles. The molecular formula is C18H21NO2S2. The van der Waals surface area contributed by atoms with Crippen LogP contribution in [0, 0.1) is 6.92 Å². The van der Waals surface area contributed by atoms with Crippen LogP contribution < -0.4 is 10.1 Å². The van der Waals surface area contributed by atoms with Crippen molar-refractivity contribution in [2.45, 2.75) is 11.8 Å². The molecule has 23 heavy (non-hydrogen) atoms. The Bertz CT molecular complexity index is 646. The van der Waals surface area contributed by atoms with Crippen LogP contribution in [0.1, 0.15) is 5.56 Å². The van der Waals surface area contributed by atoms with Gasteiger partial charge in [0.2, 0.25) is 5.91 Å². The lowest BCUT2D eigenvalue weighted by atomic mass is 10.2. The molecule has 1 amide bonds. The molecule has 0 aliphatic rings. The number of carbonyl (C=O) groups is 1. The number of hydrogen-bond donors (Lipinski definition) is 1. The lowest BCUT2D eigenvalue weighted by molar-refractivity contribution is -0.113. The summed E-state index contributed by atoms with van der Waals surface area (Å²) in [4.78, 5) is 13.1. The van der Waals surface area contributed by atoms with Crippen molar-refractivity contribution in [3.8, 4) is 5.75 Å². The van der Waals surface area contributed by atoms with Crippen molar-refractivity contribution in [3.63, 3.8) is 0 Å². The maximum atomic E-state index is 11.9. The third-order valence-electron chi connectivity index (χ3n) is 3.07. The second-order valence-corrected chi connectivity index (χ2v) is 6.98. The Kier molecular flexibility index (Phi) is 7.36. The molecule has 122 valence electrons. The van der Waals surface area contributed by atoms with E-state index in [0.717, 1.165) is 22.1 Å². The Balaban J connectivity index is 1.64. The number of aryl methyl sites for hydroxylation is 1. The predicted octanol–water partition coefficient (Wildman–Crippen LogP) is 4.47. The fourth-order valence-corrected chi connectivity index (χ4v) is 3.05. The summed E-state index contributed by atoms with van der Waals surface area (Å²) < 4.78 is 5.66. The first-order valence-electron chi connectivity index (χ1n) is 7.38. The molecule has 0 saturated carbocycles. The molecule has 0 fully saturated rings. The van der Waals surface area contributed by atoms with E-state index in [-0.39, 0.29) is 5.91 Å². The number of ether oxygens (including phenoxy) is 1. The van der Waals surface area contributed by atoms with E-state index in [1.807, 2.05) is 61.7 Å². The summed E-state index contributed by atoms with van der Waals surface area (Å²) in [6.45, 7) is 2.64. The first-order chi connectivity index (χ1) is 11.2. The summed E-state index contributed by atoms with van der Waals surface area (Å²) in [5, 5.41) is 2.92. The number of carbonyl (C=O) groups excluding carboxylic acids is 1. The maximum Gasteiger partial charge on any atom is 0.234 e. The summed E-state index contributed by atoms with van der Waals surface area (Å²) in [7, 11) is 0. The van der Waals surface area contributed by atoms with Crippen LogP contribution in [0.4, 0.5) is 5.69 Å². The predicted molar refractivity (Wildman–Crippen MR) is 101 cm³/mol. The number of benzene rings is 2. The van der Waals surface area contributed by atoms with E-state index in [0.29, 0.717) is 12.4 Å². The molecule has 0 aromatic heterocycles. The molecule has 0 bridgehead atoms. The largest absolute Gasteiger partial charge is 0.493 e. The van der Waals surface area contributed by atoms with Crippen LogP contribution in [0.25, 0.3) is 0 Å². The highest BCUT2D eigenvalue weighted by molar-refractivity contribution is 8.00. The van der Waals surface area contributed by atoms with Crippen molar-refractivity contribution in [2.75, 3.05) is 29.7 Å². The molecular weight excluding hydrogens is 326 g/mol. The van der Waals surface area contributed by atoms with Gasteiger partial charge >= 0.3 is 0 Å². The van der Waals surface area contributed by atoms with Gasteiger partial charge in [-0.15, -0.1) is 23.5 Å². The van der Waals surface area contributed by atoms with Crippen LogP contribution in [-0.4, -0.2) is 30.3 Å². The molecule has 2 aromatic carbocycles. The third-order valence-corrected chi connectivity index (χ3v) is 4.72. The van der Waals surface area contributed by atoms with Gasteiger partial charge in [-0.2, -0.15) is 0 Å². The van der Waals surface area contributed by atoms with Crippen LogP contribution in [-0.2, 0) is 4.79 Å². The van der Waals surface area contributed by atoms with Crippen molar-refractivity contribution >= 4 is 35.1 Å². The van der Waals surface area contributed by atoms with E-state index >= 15 is 0 Å². The molecule has 3 nitrogen and oxygen atoms in total. The number of anilines is 1. The van der Waals surface area contributed by atoms with Crippen molar-refractivity contribution in [3.05, 3.63) is 54.1 Å². The van der Waals surface area contributed by atoms with Gasteiger partial charge in [0.1, 0.15) is 5.75 Å². The Hall–Kier alpha value is -1.59.